The van der Waals surface area contributed by atoms with Crippen molar-refractivity contribution in [1.29, 1.82) is 0 Å². The molecule has 1 aromatic heterocycles. The van der Waals surface area contributed by atoms with E-state index in [9.17, 15) is 0 Å². The van der Waals surface area contributed by atoms with E-state index in [0.29, 0.717) is 11.6 Å². The second-order valence-corrected chi connectivity index (χ2v) is 5.81. The summed E-state index contributed by atoms with van der Waals surface area (Å²) in [6, 6.07) is 5.66. The van der Waals surface area contributed by atoms with Gasteiger partial charge in [0.05, 0.1) is 13.2 Å². The van der Waals surface area contributed by atoms with Crippen LogP contribution in [0.2, 0.25) is 0 Å². The van der Waals surface area contributed by atoms with E-state index in [1.54, 1.807) is 6.07 Å². The van der Waals surface area contributed by atoms with Crippen molar-refractivity contribution in [2.24, 2.45) is 5.41 Å². The Bertz CT molecular complexity index is 674. The summed E-state index contributed by atoms with van der Waals surface area (Å²) in [7, 11) is 0. The first kappa shape index (κ1) is 11.6. The average Bonchev–Trinajstić information content (AvgIpc) is 3.13. The fourth-order valence-electron chi connectivity index (χ4n) is 2.54. The Morgan fingerprint density at radius 2 is 1.80 bits per heavy atom. The normalized spacial score (nSPS) is 18.9. The number of hydrogen-bond acceptors (Lipinski definition) is 5. The van der Waals surface area contributed by atoms with E-state index in [1.165, 1.54) is 12.8 Å². The van der Waals surface area contributed by atoms with Crippen molar-refractivity contribution in [2.45, 2.75) is 19.8 Å². The molecule has 1 aliphatic carbocycles. The van der Waals surface area contributed by atoms with Crippen LogP contribution in [0.5, 0.6) is 11.5 Å². The number of nitrogen functional groups attached to an aromatic ring is 1. The largest absolute Gasteiger partial charge is 0.489 e. The van der Waals surface area contributed by atoms with Crippen LogP contribution >= 0.6 is 0 Å². The summed E-state index contributed by atoms with van der Waals surface area (Å²) < 4.78 is 17.1. The molecule has 4 rings (SSSR count). The second kappa shape index (κ2) is 3.91. The Morgan fingerprint density at radius 3 is 2.40 bits per heavy atom. The number of benzene rings is 1. The summed E-state index contributed by atoms with van der Waals surface area (Å²) in [5.41, 5.74) is 7.84. The molecular formula is C15H16N2O3. The Labute approximate surface area is 116 Å². The van der Waals surface area contributed by atoms with Crippen molar-refractivity contribution in [2.75, 3.05) is 18.9 Å². The third-order valence-corrected chi connectivity index (χ3v) is 4.11. The summed E-state index contributed by atoms with van der Waals surface area (Å²) in [6.07, 6.45) is 2.37. The number of ether oxygens (including phenoxy) is 2. The number of nitrogens with zero attached hydrogens (tertiary/aromatic N) is 1. The van der Waals surface area contributed by atoms with E-state index >= 15 is 0 Å². The summed E-state index contributed by atoms with van der Waals surface area (Å²) in [5, 5.41) is 3.73. The summed E-state index contributed by atoms with van der Waals surface area (Å²) in [6.45, 7) is 3.48. The quantitative estimate of drug-likeness (QED) is 0.864. The Morgan fingerprint density at radius 1 is 1.10 bits per heavy atom. The highest BCUT2D eigenvalue weighted by Gasteiger charge is 2.46. The van der Waals surface area contributed by atoms with Gasteiger partial charge in [-0.15, -0.1) is 0 Å². The smallest absolute Gasteiger partial charge is 0.169 e. The molecule has 1 spiro atoms. The molecule has 5 heteroatoms. The van der Waals surface area contributed by atoms with Gasteiger partial charge in [0.15, 0.2) is 23.1 Å². The van der Waals surface area contributed by atoms with Crippen LogP contribution in [0.25, 0.3) is 11.3 Å². The number of anilines is 1. The molecule has 0 radical (unpaired) electrons. The minimum atomic E-state index is 0.240. The van der Waals surface area contributed by atoms with E-state index in [1.807, 2.05) is 19.1 Å². The zero-order chi connectivity index (χ0) is 13.7. The Balaban J connectivity index is 1.74. The van der Waals surface area contributed by atoms with Crippen molar-refractivity contribution in [1.82, 2.24) is 5.16 Å². The van der Waals surface area contributed by atoms with E-state index in [0.717, 1.165) is 35.8 Å². The topological polar surface area (TPSA) is 70.5 Å². The number of fused-ring (bicyclic) bond motifs is 1. The predicted octanol–water partition coefficient (Wildman–Crippen LogP) is 2.78. The SMILES string of the molecule is Cc1cc2c(cc1-c1cc(N)no1)OCC1(CC1)CO2. The molecule has 1 saturated carbocycles. The van der Waals surface area contributed by atoms with Crippen LogP contribution in [-0.2, 0) is 0 Å². The van der Waals surface area contributed by atoms with Crippen molar-refractivity contribution in [3.63, 3.8) is 0 Å². The van der Waals surface area contributed by atoms with Crippen LogP contribution in [0.1, 0.15) is 18.4 Å². The first-order chi connectivity index (χ1) is 9.65. The molecular weight excluding hydrogens is 256 g/mol. The van der Waals surface area contributed by atoms with Crippen molar-refractivity contribution in [3.8, 4) is 22.8 Å². The first-order valence-electron chi connectivity index (χ1n) is 6.78. The molecule has 1 aliphatic heterocycles. The van der Waals surface area contributed by atoms with E-state index in [4.69, 9.17) is 19.7 Å². The maximum atomic E-state index is 5.93. The lowest BCUT2D eigenvalue weighted by Gasteiger charge is -2.10. The first-order valence-corrected chi connectivity index (χ1v) is 6.78. The predicted molar refractivity (Wildman–Crippen MR) is 73.7 cm³/mol. The van der Waals surface area contributed by atoms with Gasteiger partial charge in [0, 0.05) is 17.0 Å². The van der Waals surface area contributed by atoms with Gasteiger partial charge in [0.25, 0.3) is 0 Å². The van der Waals surface area contributed by atoms with Gasteiger partial charge >= 0.3 is 0 Å². The molecule has 1 aromatic carbocycles. The molecule has 2 heterocycles. The monoisotopic (exact) mass is 272 g/mol. The fourth-order valence-corrected chi connectivity index (χ4v) is 2.54. The van der Waals surface area contributed by atoms with E-state index in [2.05, 4.69) is 5.16 Å². The van der Waals surface area contributed by atoms with Crippen LogP contribution < -0.4 is 15.2 Å². The maximum absolute atomic E-state index is 5.93. The van der Waals surface area contributed by atoms with Gasteiger partial charge in [0.1, 0.15) is 0 Å². The fraction of sp³-hybridized carbons (Fsp3) is 0.400. The van der Waals surface area contributed by atoms with E-state index in [-0.39, 0.29) is 5.41 Å². The summed E-state index contributed by atoms with van der Waals surface area (Å²) in [5.74, 6) is 2.60. The average molecular weight is 272 g/mol. The lowest BCUT2D eigenvalue weighted by molar-refractivity contribution is 0.197. The molecule has 0 amide bonds. The summed E-state index contributed by atoms with van der Waals surface area (Å²) >= 11 is 0. The zero-order valence-corrected chi connectivity index (χ0v) is 11.3. The Hall–Kier alpha value is -2.17. The van der Waals surface area contributed by atoms with Crippen molar-refractivity contribution >= 4 is 5.82 Å². The number of rotatable bonds is 1. The van der Waals surface area contributed by atoms with Crippen LogP contribution in [0.3, 0.4) is 0 Å². The lowest BCUT2D eigenvalue weighted by atomic mass is 10.1. The van der Waals surface area contributed by atoms with Gasteiger partial charge in [-0.25, -0.2) is 0 Å². The molecule has 104 valence electrons. The van der Waals surface area contributed by atoms with Gasteiger partial charge < -0.3 is 19.7 Å². The lowest BCUT2D eigenvalue weighted by Crippen LogP contribution is -2.17. The van der Waals surface area contributed by atoms with Gasteiger partial charge in [-0.1, -0.05) is 5.16 Å². The molecule has 5 nitrogen and oxygen atoms in total. The molecule has 0 bridgehead atoms. The highest BCUT2D eigenvalue weighted by molar-refractivity contribution is 5.68. The van der Waals surface area contributed by atoms with Crippen LogP contribution in [0.4, 0.5) is 5.82 Å². The van der Waals surface area contributed by atoms with Crippen LogP contribution in [0.15, 0.2) is 22.7 Å². The second-order valence-electron chi connectivity index (χ2n) is 5.81. The molecule has 2 N–H and O–H groups in total. The molecule has 20 heavy (non-hydrogen) atoms. The summed E-state index contributed by atoms with van der Waals surface area (Å²) in [4.78, 5) is 0. The van der Waals surface area contributed by atoms with Crippen molar-refractivity contribution < 1.29 is 14.0 Å². The highest BCUT2D eigenvalue weighted by atomic mass is 16.5. The Kier molecular flexibility index (Phi) is 2.28. The molecule has 1 fully saturated rings. The standard InChI is InChI=1S/C15H16N2O3/c1-9-4-12-13(19-8-15(2-3-15)7-18-12)5-10(9)11-6-14(16)17-20-11/h4-6H,2-3,7-8H2,1H3,(H2,16,17). The molecule has 0 saturated heterocycles. The number of hydrogen-bond donors (Lipinski definition) is 1. The number of aromatic nitrogens is 1. The van der Waals surface area contributed by atoms with Crippen LogP contribution in [-0.4, -0.2) is 18.4 Å². The molecule has 0 atom stereocenters. The van der Waals surface area contributed by atoms with Gasteiger partial charge in [-0.3, -0.25) is 0 Å². The molecule has 2 aromatic rings. The number of nitrogens with two attached hydrogens (primary N) is 1. The maximum Gasteiger partial charge on any atom is 0.169 e. The van der Waals surface area contributed by atoms with E-state index < -0.39 is 0 Å². The zero-order valence-electron chi connectivity index (χ0n) is 11.3. The van der Waals surface area contributed by atoms with Gasteiger partial charge in [-0.2, -0.15) is 0 Å². The number of aryl methyl sites for hydroxylation is 1. The van der Waals surface area contributed by atoms with Crippen molar-refractivity contribution in [3.05, 3.63) is 23.8 Å². The minimum absolute atomic E-state index is 0.240. The van der Waals surface area contributed by atoms with Crippen LogP contribution in [0, 0.1) is 12.3 Å². The van der Waals surface area contributed by atoms with Gasteiger partial charge in [-0.05, 0) is 37.5 Å². The minimum Gasteiger partial charge on any atom is -0.489 e. The highest BCUT2D eigenvalue weighted by Crippen LogP contribution is 2.49. The third-order valence-electron chi connectivity index (χ3n) is 4.11. The van der Waals surface area contributed by atoms with Gasteiger partial charge in [0.2, 0.25) is 0 Å². The molecule has 2 aliphatic rings. The molecule has 0 unspecified atom stereocenters. The third kappa shape index (κ3) is 1.81.